The number of rotatable bonds is 3. The third-order valence-corrected chi connectivity index (χ3v) is 2.03. The zero-order chi connectivity index (χ0) is 11.4. The number of ether oxygens (including phenoxy) is 2. The summed E-state index contributed by atoms with van der Waals surface area (Å²) >= 11 is 0. The molecule has 5 heteroatoms. The second-order valence-electron chi connectivity index (χ2n) is 3.12. The Bertz CT molecular complexity index is 428. The lowest BCUT2D eigenvalue weighted by atomic mass is 10.2. The predicted octanol–water partition coefficient (Wildman–Crippen LogP) is 1.11. The lowest BCUT2D eigenvalue weighted by molar-refractivity contribution is -0.126. The number of fused-ring (bicyclic) bond motifs is 1. The molecule has 0 fully saturated rings. The van der Waals surface area contributed by atoms with Crippen LogP contribution in [0.15, 0.2) is 24.3 Å². The Morgan fingerprint density at radius 1 is 1.44 bits per heavy atom. The lowest BCUT2D eigenvalue weighted by Gasteiger charge is -1.98. The molecule has 5 nitrogen and oxygen atoms in total. The molecule has 1 heterocycles. The molecule has 0 radical (unpaired) electrons. The van der Waals surface area contributed by atoms with Gasteiger partial charge in [0.05, 0.1) is 7.11 Å². The highest BCUT2D eigenvalue weighted by molar-refractivity contribution is 5.91. The van der Waals surface area contributed by atoms with E-state index < -0.39 is 0 Å². The Morgan fingerprint density at radius 2 is 2.25 bits per heavy atom. The number of amides is 1. The van der Waals surface area contributed by atoms with Crippen LogP contribution in [0.4, 0.5) is 0 Å². The van der Waals surface area contributed by atoms with Gasteiger partial charge in [-0.1, -0.05) is 6.07 Å². The summed E-state index contributed by atoms with van der Waals surface area (Å²) in [5, 5.41) is 0. The Hall–Kier alpha value is -2.01. The van der Waals surface area contributed by atoms with E-state index in [0.717, 1.165) is 11.3 Å². The Kier molecular flexibility index (Phi) is 3.07. The third kappa shape index (κ3) is 2.32. The molecule has 0 saturated carbocycles. The van der Waals surface area contributed by atoms with E-state index in [9.17, 15) is 4.79 Å². The molecule has 84 valence electrons. The van der Waals surface area contributed by atoms with Gasteiger partial charge in [-0.05, 0) is 23.8 Å². The van der Waals surface area contributed by atoms with E-state index >= 15 is 0 Å². The number of hydroxylamine groups is 1. The van der Waals surface area contributed by atoms with E-state index in [0.29, 0.717) is 5.75 Å². The Labute approximate surface area is 92.6 Å². The van der Waals surface area contributed by atoms with E-state index in [4.69, 9.17) is 9.47 Å². The van der Waals surface area contributed by atoms with E-state index in [1.807, 2.05) is 6.07 Å². The minimum Gasteiger partial charge on any atom is -0.454 e. The van der Waals surface area contributed by atoms with Gasteiger partial charge in [0, 0.05) is 6.08 Å². The molecule has 2 rings (SSSR count). The van der Waals surface area contributed by atoms with Gasteiger partial charge < -0.3 is 9.47 Å². The number of nitrogens with one attached hydrogen (secondary N) is 1. The summed E-state index contributed by atoms with van der Waals surface area (Å²) in [4.78, 5) is 15.5. The van der Waals surface area contributed by atoms with Crippen LogP contribution in [0, 0.1) is 0 Å². The molecule has 0 spiro atoms. The monoisotopic (exact) mass is 221 g/mol. The summed E-state index contributed by atoms with van der Waals surface area (Å²) in [5.74, 6) is 1.09. The highest BCUT2D eigenvalue weighted by Gasteiger charge is 2.12. The smallest absolute Gasteiger partial charge is 0.267 e. The summed E-state index contributed by atoms with van der Waals surface area (Å²) in [6, 6.07) is 5.44. The van der Waals surface area contributed by atoms with Crippen molar-refractivity contribution in [1.29, 1.82) is 0 Å². The molecule has 0 aromatic heterocycles. The van der Waals surface area contributed by atoms with Gasteiger partial charge in [-0.3, -0.25) is 9.63 Å². The highest BCUT2D eigenvalue weighted by atomic mass is 16.7. The summed E-state index contributed by atoms with van der Waals surface area (Å²) in [5.41, 5.74) is 3.04. The molecular formula is C11H11NO4. The van der Waals surface area contributed by atoms with Crippen LogP contribution in [0.3, 0.4) is 0 Å². The van der Waals surface area contributed by atoms with Gasteiger partial charge in [0.25, 0.3) is 5.91 Å². The fourth-order valence-corrected chi connectivity index (χ4v) is 1.32. The molecule has 1 N–H and O–H groups in total. The first-order chi connectivity index (χ1) is 7.79. The van der Waals surface area contributed by atoms with Crippen molar-refractivity contribution in [3.63, 3.8) is 0 Å². The lowest BCUT2D eigenvalue weighted by Crippen LogP contribution is -2.18. The average molecular weight is 221 g/mol. The number of hydrogen-bond acceptors (Lipinski definition) is 4. The van der Waals surface area contributed by atoms with Crippen LogP contribution >= 0.6 is 0 Å². The average Bonchev–Trinajstić information content (AvgIpc) is 2.74. The van der Waals surface area contributed by atoms with Gasteiger partial charge in [-0.15, -0.1) is 0 Å². The van der Waals surface area contributed by atoms with Gasteiger partial charge in [-0.25, -0.2) is 5.48 Å². The zero-order valence-electron chi connectivity index (χ0n) is 8.73. The van der Waals surface area contributed by atoms with Gasteiger partial charge in [0.1, 0.15) is 0 Å². The van der Waals surface area contributed by atoms with Crippen LogP contribution in [0.25, 0.3) is 6.08 Å². The fourth-order valence-electron chi connectivity index (χ4n) is 1.32. The summed E-state index contributed by atoms with van der Waals surface area (Å²) in [7, 11) is 1.38. The summed E-state index contributed by atoms with van der Waals surface area (Å²) in [6.45, 7) is 0.243. The molecule has 0 atom stereocenters. The van der Waals surface area contributed by atoms with Crippen molar-refractivity contribution in [3.8, 4) is 11.5 Å². The van der Waals surface area contributed by atoms with Crippen molar-refractivity contribution >= 4 is 12.0 Å². The number of benzene rings is 1. The predicted molar refractivity (Wildman–Crippen MR) is 56.8 cm³/mol. The van der Waals surface area contributed by atoms with Crippen LogP contribution in [-0.2, 0) is 9.63 Å². The first kappa shape index (κ1) is 10.5. The van der Waals surface area contributed by atoms with E-state index in [-0.39, 0.29) is 12.7 Å². The first-order valence-corrected chi connectivity index (χ1v) is 4.70. The quantitative estimate of drug-likeness (QED) is 0.613. The van der Waals surface area contributed by atoms with Gasteiger partial charge in [-0.2, -0.15) is 0 Å². The first-order valence-electron chi connectivity index (χ1n) is 4.70. The van der Waals surface area contributed by atoms with Crippen molar-refractivity contribution in [3.05, 3.63) is 29.8 Å². The van der Waals surface area contributed by atoms with Crippen LogP contribution in [0.1, 0.15) is 5.56 Å². The maximum atomic E-state index is 11.1. The number of carbonyl (C=O) groups excluding carboxylic acids is 1. The molecule has 0 saturated heterocycles. The highest BCUT2D eigenvalue weighted by Crippen LogP contribution is 2.32. The molecule has 1 amide bonds. The fraction of sp³-hybridized carbons (Fsp3) is 0.182. The Balaban J connectivity index is 2.08. The van der Waals surface area contributed by atoms with Gasteiger partial charge >= 0.3 is 0 Å². The molecule has 0 aliphatic carbocycles. The molecular weight excluding hydrogens is 210 g/mol. The molecule has 1 aliphatic heterocycles. The molecule has 1 aromatic carbocycles. The van der Waals surface area contributed by atoms with Crippen LogP contribution in [0.2, 0.25) is 0 Å². The second-order valence-corrected chi connectivity index (χ2v) is 3.12. The standard InChI is InChI=1S/C11H11NO4/c1-14-12-11(13)5-3-8-2-4-9-10(6-8)16-7-15-9/h2-6H,7H2,1H3,(H,12,13)/b5-3-. The van der Waals surface area contributed by atoms with Crippen LogP contribution in [-0.4, -0.2) is 19.8 Å². The summed E-state index contributed by atoms with van der Waals surface area (Å²) in [6.07, 6.45) is 3.04. The topological polar surface area (TPSA) is 56.8 Å². The normalized spacial score (nSPS) is 13.1. The van der Waals surface area contributed by atoms with Crippen molar-refractivity contribution in [2.24, 2.45) is 0 Å². The van der Waals surface area contributed by atoms with E-state index in [2.05, 4.69) is 10.3 Å². The molecule has 1 aliphatic rings. The molecule has 16 heavy (non-hydrogen) atoms. The Morgan fingerprint density at radius 3 is 3.06 bits per heavy atom. The molecule has 0 unspecified atom stereocenters. The van der Waals surface area contributed by atoms with Crippen LogP contribution < -0.4 is 15.0 Å². The number of hydrogen-bond donors (Lipinski definition) is 1. The van der Waals surface area contributed by atoms with Gasteiger partial charge in [0.15, 0.2) is 11.5 Å². The maximum Gasteiger partial charge on any atom is 0.267 e. The minimum absolute atomic E-state index is 0.243. The minimum atomic E-state index is -0.319. The van der Waals surface area contributed by atoms with Gasteiger partial charge in [0.2, 0.25) is 6.79 Å². The van der Waals surface area contributed by atoms with Crippen molar-refractivity contribution in [2.75, 3.05) is 13.9 Å². The maximum absolute atomic E-state index is 11.1. The number of carbonyl (C=O) groups is 1. The zero-order valence-corrected chi connectivity index (χ0v) is 8.73. The third-order valence-electron chi connectivity index (χ3n) is 2.03. The van der Waals surface area contributed by atoms with E-state index in [1.54, 1.807) is 18.2 Å². The van der Waals surface area contributed by atoms with Crippen molar-refractivity contribution < 1.29 is 19.1 Å². The SMILES string of the molecule is CONC(=O)/C=C\c1ccc2c(c1)OCO2. The largest absolute Gasteiger partial charge is 0.454 e. The molecule has 1 aromatic rings. The van der Waals surface area contributed by atoms with Crippen molar-refractivity contribution in [1.82, 2.24) is 5.48 Å². The summed E-state index contributed by atoms with van der Waals surface area (Å²) < 4.78 is 10.4. The van der Waals surface area contributed by atoms with E-state index in [1.165, 1.54) is 13.2 Å². The molecule has 0 bridgehead atoms. The van der Waals surface area contributed by atoms with Crippen molar-refractivity contribution in [2.45, 2.75) is 0 Å². The van der Waals surface area contributed by atoms with Crippen LogP contribution in [0.5, 0.6) is 11.5 Å². The second kappa shape index (κ2) is 4.67.